The van der Waals surface area contributed by atoms with E-state index in [1.54, 1.807) is 6.26 Å². The van der Waals surface area contributed by atoms with E-state index in [0.29, 0.717) is 6.04 Å². The molecule has 0 spiro atoms. The van der Waals surface area contributed by atoms with E-state index < -0.39 is 0 Å². The summed E-state index contributed by atoms with van der Waals surface area (Å²) in [5.74, 6) is 1.04. The molecule has 0 saturated heterocycles. The van der Waals surface area contributed by atoms with Crippen LogP contribution < -0.4 is 10.6 Å². The molecule has 0 saturated carbocycles. The lowest BCUT2D eigenvalue weighted by molar-refractivity contribution is 0.456. The lowest BCUT2D eigenvalue weighted by Gasteiger charge is -2.13. The number of furan rings is 1. The number of rotatable bonds is 5. The van der Waals surface area contributed by atoms with Gasteiger partial charge in [-0.1, -0.05) is 18.2 Å². The predicted molar refractivity (Wildman–Crippen MR) is 75.7 cm³/mol. The van der Waals surface area contributed by atoms with Crippen molar-refractivity contribution in [3.63, 3.8) is 0 Å². The molecule has 3 nitrogen and oxygen atoms in total. The van der Waals surface area contributed by atoms with Crippen molar-refractivity contribution in [1.82, 2.24) is 10.6 Å². The van der Waals surface area contributed by atoms with Crippen LogP contribution >= 0.6 is 0 Å². The molecule has 1 aromatic carbocycles. The highest BCUT2D eigenvalue weighted by atomic mass is 16.3. The van der Waals surface area contributed by atoms with Crippen LogP contribution in [0.4, 0.5) is 0 Å². The molecule has 0 radical (unpaired) electrons. The van der Waals surface area contributed by atoms with Crippen LogP contribution in [0.15, 0.2) is 41.0 Å². The second-order valence-electron chi connectivity index (χ2n) is 5.27. The molecule has 2 heterocycles. The van der Waals surface area contributed by atoms with E-state index in [1.807, 2.05) is 12.1 Å². The number of fused-ring (bicyclic) bond motifs is 1. The molecule has 2 N–H and O–H groups in total. The zero-order chi connectivity index (χ0) is 13.1. The van der Waals surface area contributed by atoms with Crippen molar-refractivity contribution >= 4 is 0 Å². The first-order valence-corrected chi connectivity index (χ1v) is 6.88. The minimum absolute atomic E-state index is 0.414. The van der Waals surface area contributed by atoms with Crippen LogP contribution in [0.25, 0.3) is 0 Å². The molecule has 100 valence electrons. The van der Waals surface area contributed by atoms with Crippen molar-refractivity contribution in [1.29, 1.82) is 0 Å². The van der Waals surface area contributed by atoms with Crippen LogP contribution in [0.2, 0.25) is 0 Å². The number of nitrogens with one attached hydrogen (secondary N) is 2. The molecule has 0 bridgehead atoms. The van der Waals surface area contributed by atoms with Gasteiger partial charge in [0.2, 0.25) is 0 Å². The summed E-state index contributed by atoms with van der Waals surface area (Å²) < 4.78 is 5.37. The smallest absolute Gasteiger partial charge is 0.105 e. The Morgan fingerprint density at radius 2 is 2.16 bits per heavy atom. The van der Waals surface area contributed by atoms with E-state index >= 15 is 0 Å². The third-order valence-corrected chi connectivity index (χ3v) is 3.64. The summed E-state index contributed by atoms with van der Waals surface area (Å²) in [6, 6.07) is 11.1. The van der Waals surface area contributed by atoms with Gasteiger partial charge in [0.15, 0.2) is 0 Å². The summed E-state index contributed by atoms with van der Waals surface area (Å²) in [6.07, 6.45) is 2.66. The van der Waals surface area contributed by atoms with Gasteiger partial charge in [-0.15, -0.1) is 0 Å². The molecule has 0 amide bonds. The third kappa shape index (κ3) is 3.06. The van der Waals surface area contributed by atoms with Gasteiger partial charge in [0.05, 0.1) is 6.26 Å². The monoisotopic (exact) mass is 256 g/mol. The maximum absolute atomic E-state index is 5.37. The minimum Gasteiger partial charge on any atom is -0.469 e. The Kier molecular flexibility index (Phi) is 3.67. The number of benzene rings is 1. The first kappa shape index (κ1) is 12.5. The molecule has 0 aliphatic carbocycles. The van der Waals surface area contributed by atoms with E-state index in [4.69, 9.17) is 4.42 Å². The van der Waals surface area contributed by atoms with Gasteiger partial charge in [-0.2, -0.15) is 0 Å². The summed E-state index contributed by atoms with van der Waals surface area (Å²) >= 11 is 0. The molecular formula is C16H20N2O. The van der Waals surface area contributed by atoms with Crippen LogP contribution in [0, 0.1) is 0 Å². The molecule has 3 heteroatoms. The van der Waals surface area contributed by atoms with E-state index in [1.165, 1.54) is 16.7 Å². The van der Waals surface area contributed by atoms with Gasteiger partial charge in [0.1, 0.15) is 5.76 Å². The molecule has 1 aromatic heterocycles. The lowest BCUT2D eigenvalue weighted by atomic mass is 10.1. The molecule has 3 rings (SSSR count). The molecule has 0 fully saturated rings. The Hall–Kier alpha value is -1.58. The molecule has 1 aliphatic rings. The highest BCUT2D eigenvalue weighted by molar-refractivity contribution is 5.34. The molecule has 1 atom stereocenters. The zero-order valence-corrected chi connectivity index (χ0v) is 11.3. The van der Waals surface area contributed by atoms with Crippen LogP contribution in [0.5, 0.6) is 0 Å². The van der Waals surface area contributed by atoms with Gasteiger partial charge in [-0.3, -0.25) is 0 Å². The fraction of sp³-hybridized carbons (Fsp3) is 0.375. The van der Waals surface area contributed by atoms with Crippen molar-refractivity contribution < 1.29 is 4.42 Å². The van der Waals surface area contributed by atoms with E-state index in [2.05, 4.69) is 35.8 Å². The Labute approximate surface area is 114 Å². The largest absolute Gasteiger partial charge is 0.469 e. The Morgan fingerprint density at radius 3 is 3.00 bits per heavy atom. The maximum atomic E-state index is 5.37. The van der Waals surface area contributed by atoms with Gasteiger partial charge in [0.25, 0.3) is 0 Å². The molecule has 1 aliphatic heterocycles. The van der Waals surface area contributed by atoms with Gasteiger partial charge in [-0.05, 0) is 35.7 Å². The van der Waals surface area contributed by atoms with Crippen LogP contribution in [-0.2, 0) is 26.1 Å². The number of hydrogen-bond acceptors (Lipinski definition) is 3. The number of hydrogen-bond donors (Lipinski definition) is 2. The van der Waals surface area contributed by atoms with Gasteiger partial charge in [-0.25, -0.2) is 0 Å². The topological polar surface area (TPSA) is 37.2 Å². The second-order valence-corrected chi connectivity index (χ2v) is 5.27. The van der Waals surface area contributed by atoms with Crippen molar-refractivity contribution in [2.75, 3.05) is 0 Å². The van der Waals surface area contributed by atoms with E-state index in [0.717, 1.165) is 31.8 Å². The highest BCUT2D eigenvalue weighted by Crippen LogP contribution is 2.17. The van der Waals surface area contributed by atoms with Crippen molar-refractivity contribution in [2.45, 2.75) is 39.0 Å². The molecule has 19 heavy (non-hydrogen) atoms. The zero-order valence-electron chi connectivity index (χ0n) is 11.3. The Morgan fingerprint density at radius 1 is 1.26 bits per heavy atom. The van der Waals surface area contributed by atoms with Crippen LogP contribution in [-0.4, -0.2) is 6.04 Å². The van der Waals surface area contributed by atoms with E-state index in [9.17, 15) is 0 Å². The average molecular weight is 256 g/mol. The summed E-state index contributed by atoms with van der Waals surface area (Å²) in [5.41, 5.74) is 4.24. The molecular weight excluding hydrogens is 236 g/mol. The van der Waals surface area contributed by atoms with Crippen LogP contribution in [0.1, 0.15) is 29.4 Å². The van der Waals surface area contributed by atoms with Crippen LogP contribution in [0.3, 0.4) is 0 Å². The predicted octanol–water partition coefficient (Wildman–Crippen LogP) is 2.60. The average Bonchev–Trinajstić information content (AvgIpc) is 3.06. The van der Waals surface area contributed by atoms with Crippen molar-refractivity contribution in [3.8, 4) is 0 Å². The SMILES string of the molecule is CC(Cc1ccco1)NCc1ccc2c(c1)CNC2. The Bertz CT molecular complexity index is 534. The summed E-state index contributed by atoms with van der Waals surface area (Å²) in [6.45, 7) is 5.12. The quantitative estimate of drug-likeness (QED) is 0.863. The van der Waals surface area contributed by atoms with Gasteiger partial charge in [0, 0.05) is 32.1 Å². The first-order chi connectivity index (χ1) is 9.31. The summed E-state index contributed by atoms with van der Waals surface area (Å²) in [5, 5.41) is 6.92. The fourth-order valence-electron chi connectivity index (χ4n) is 2.55. The standard InChI is InChI=1S/C16H20N2O/c1-12(7-16-3-2-6-19-16)18-9-13-4-5-14-10-17-11-15(14)8-13/h2-6,8,12,17-18H,7,9-11H2,1H3. The fourth-order valence-corrected chi connectivity index (χ4v) is 2.55. The lowest BCUT2D eigenvalue weighted by Crippen LogP contribution is -2.27. The molecule has 1 unspecified atom stereocenters. The maximum Gasteiger partial charge on any atom is 0.105 e. The Balaban J connectivity index is 1.54. The third-order valence-electron chi connectivity index (χ3n) is 3.64. The minimum atomic E-state index is 0.414. The van der Waals surface area contributed by atoms with Gasteiger partial charge < -0.3 is 15.1 Å². The molecule has 2 aromatic rings. The van der Waals surface area contributed by atoms with Crippen molar-refractivity contribution in [2.24, 2.45) is 0 Å². The van der Waals surface area contributed by atoms with E-state index in [-0.39, 0.29) is 0 Å². The highest BCUT2D eigenvalue weighted by Gasteiger charge is 2.10. The summed E-state index contributed by atoms with van der Waals surface area (Å²) in [7, 11) is 0. The normalized spacial score (nSPS) is 15.4. The van der Waals surface area contributed by atoms with Gasteiger partial charge >= 0.3 is 0 Å². The first-order valence-electron chi connectivity index (χ1n) is 6.88. The second kappa shape index (κ2) is 5.59. The van der Waals surface area contributed by atoms with Crippen molar-refractivity contribution in [3.05, 3.63) is 59.0 Å². The summed E-state index contributed by atoms with van der Waals surface area (Å²) in [4.78, 5) is 0.